The minimum atomic E-state index is 0. The van der Waals surface area contributed by atoms with Crippen molar-refractivity contribution in [3.63, 3.8) is 0 Å². The molecule has 0 aliphatic rings. The fourth-order valence-electron chi connectivity index (χ4n) is 1.69. The largest absolute Gasteiger partial charge is 0.493 e. The Morgan fingerprint density at radius 3 is 2.43 bits per heavy atom. The van der Waals surface area contributed by atoms with Crippen molar-refractivity contribution in [1.82, 2.24) is 10.6 Å². The molecule has 0 atom stereocenters. The Balaban J connectivity index is 0.00000400. The van der Waals surface area contributed by atoms with E-state index in [9.17, 15) is 0 Å². The first-order valence-corrected chi connectivity index (χ1v) is 7.20. The van der Waals surface area contributed by atoms with Gasteiger partial charge in [-0.1, -0.05) is 32.0 Å². The molecule has 0 saturated heterocycles. The summed E-state index contributed by atoms with van der Waals surface area (Å²) in [7, 11) is 1.78. The highest BCUT2D eigenvalue weighted by molar-refractivity contribution is 14.0. The molecule has 0 aromatic heterocycles. The normalized spacial score (nSPS) is 11.3. The van der Waals surface area contributed by atoms with Gasteiger partial charge in [-0.2, -0.15) is 0 Å². The van der Waals surface area contributed by atoms with Gasteiger partial charge in [0, 0.05) is 25.2 Å². The Morgan fingerprint density at radius 2 is 1.86 bits per heavy atom. The van der Waals surface area contributed by atoms with Crippen LogP contribution in [0.4, 0.5) is 0 Å². The van der Waals surface area contributed by atoms with Crippen LogP contribution >= 0.6 is 24.0 Å². The fourth-order valence-corrected chi connectivity index (χ4v) is 1.69. The molecule has 2 N–H and O–H groups in total. The number of aliphatic imine (C=N–C) groups is 1. The zero-order valence-corrected chi connectivity index (χ0v) is 16.0. The predicted molar refractivity (Wildman–Crippen MR) is 101 cm³/mol. The zero-order valence-electron chi connectivity index (χ0n) is 13.6. The summed E-state index contributed by atoms with van der Waals surface area (Å²) in [6.45, 7) is 9.90. The first-order valence-electron chi connectivity index (χ1n) is 7.20. The van der Waals surface area contributed by atoms with Crippen LogP contribution < -0.4 is 15.4 Å². The van der Waals surface area contributed by atoms with Crippen molar-refractivity contribution in [2.24, 2.45) is 10.9 Å². The van der Waals surface area contributed by atoms with E-state index in [1.54, 1.807) is 7.05 Å². The molecule has 0 bridgehead atoms. The lowest BCUT2D eigenvalue weighted by Gasteiger charge is -2.17. The van der Waals surface area contributed by atoms with Crippen LogP contribution in [0, 0.1) is 5.92 Å². The van der Waals surface area contributed by atoms with Gasteiger partial charge < -0.3 is 15.4 Å². The van der Waals surface area contributed by atoms with Crippen LogP contribution in [0.3, 0.4) is 0 Å². The highest BCUT2D eigenvalue weighted by Gasteiger charge is 2.06. The molecule has 0 unspecified atom stereocenters. The molecule has 0 aliphatic carbocycles. The maximum absolute atomic E-state index is 5.85. The summed E-state index contributed by atoms with van der Waals surface area (Å²) in [5.74, 6) is 2.26. The predicted octanol–water partition coefficient (Wildman–Crippen LogP) is 3.41. The average Bonchev–Trinajstić information content (AvgIpc) is 2.41. The fraction of sp³-hybridized carbons (Fsp3) is 0.562. The van der Waals surface area contributed by atoms with Gasteiger partial charge in [0.2, 0.25) is 0 Å². The van der Waals surface area contributed by atoms with Gasteiger partial charge in [-0.15, -0.1) is 24.0 Å². The van der Waals surface area contributed by atoms with Gasteiger partial charge in [-0.05, 0) is 25.8 Å². The van der Waals surface area contributed by atoms with E-state index in [4.69, 9.17) is 4.74 Å². The third-order valence-electron chi connectivity index (χ3n) is 2.64. The van der Waals surface area contributed by atoms with Gasteiger partial charge in [-0.3, -0.25) is 4.99 Å². The van der Waals surface area contributed by atoms with Crippen LogP contribution in [0.1, 0.15) is 33.3 Å². The first kappa shape index (κ1) is 20.0. The molecule has 0 saturated carbocycles. The number of halogens is 1. The summed E-state index contributed by atoms with van der Waals surface area (Å²) in [5.41, 5.74) is 1.14. The molecule has 0 spiro atoms. The molecule has 0 heterocycles. The minimum absolute atomic E-state index is 0. The van der Waals surface area contributed by atoms with Crippen molar-refractivity contribution in [1.29, 1.82) is 0 Å². The van der Waals surface area contributed by atoms with Crippen LogP contribution in [-0.4, -0.2) is 25.7 Å². The Morgan fingerprint density at radius 1 is 1.19 bits per heavy atom. The van der Waals surface area contributed by atoms with E-state index < -0.39 is 0 Å². The molecule has 0 amide bonds. The molecule has 1 aromatic rings. The van der Waals surface area contributed by atoms with Crippen LogP contribution in [-0.2, 0) is 6.54 Å². The van der Waals surface area contributed by atoms with Crippen molar-refractivity contribution in [2.75, 3.05) is 13.7 Å². The zero-order chi connectivity index (χ0) is 15.0. The molecule has 1 rings (SSSR count). The number of hydrogen-bond acceptors (Lipinski definition) is 2. The van der Waals surface area contributed by atoms with Crippen LogP contribution in [0.2, 0.25) is 0 Å². The lowest BCUT2D eigenvalue weighted by Crippen LogP contribution is -2.40. The number of hydrogen-bond donors (Lipinski definition) is 2. The molecule has 120 valence electrons. The van der Waals surface area contributed by atoms with Gasteiger partial charge in [0.15, 0.2) is 5.96 Å². The lowest BCUT2D eigenvalue weighted by atomic mass is 10.2. The molecule has 0 aliphatic heterocycles. The monoisotopic (exact) mass is 405 g/mol. The molecular formula is C16H28IN3O. The number of nitrogens with one attached hydrogen (secondary N) is 2. The van der Waals surface area contributed by atoms with E-state index in [2.05, 4.69) is 49.4 Å². The van der Waals surface area contributed by atoms with Crippen LogP contribution in [0.15, 0.2) is 29.3 Å². The quantitative estimate of drug-likeness (QED) is 0.433. The molecule has 0 radical (unpaired) electrons. The summed E-state index contributed by atoms with van der Waals surface area (Å²) in [5, 5.41) is 6.57. The second kappa shape index (κ2) is 10.7. The van der Waals surface area contributed by atoms with Crippen LogP contribution in [0.5, 0.6) is 5.75 Å². The molecule has 4 nitrogen and oxygen atoms in total. The number of benzene rings is 1. The van der Waals surface area contributed by atoms with Gasteiger partial charge in [-0.25, -0.2) is 0 Å². The second-order valence-electron chi connectivity index (χ2n) is 5.54. The highest BCUT2D eigenvalue weighted by atomic mass is 127. The first-order chi connectivity index (χ1) is 9.52. The van der Waals surface area contributed by atoms with E-state index in [1.807, 2.05) is 18.2 Å². The third-order valence-corrected chi connectivity index (χ3v) is 2.64. The number of guanidine groups is 1. The third kappa shape index (κ3) is 8.14. The van der Waals surface area contributed by atoms with Gasteiger partial charge >= 0.3 is 0 Å². The number of para-hydroxylation sites is 1. The smallest absolute Gasteiger partial charge is 0.191 e. The summed E-state index contributed by atoms with van der Waals surface area (Å²) < 4.78 is 5.85. The Labute approximate surface area is 145 Å². The van der Waals surface area contributed by atoms with Crippen molar-refractivity contribution >= 4 is 29.9 Å². The van der Waals surface area contributed by atoms with E-state index in [-0.39, 0.29) is 24.0 Å². The number of nitrogens with zero attached hydrogens (tertiary/aromatic N) is 1. The van der Waals surface area contributed by atoms with Gasteiger partial charge in [0.05, 0.1) is 6.61 Å². The summed E-state index contributed by atoms with van der Waals surface area (Å²) in [6, 6.07) is 8.47. The molecule has 21 heavy (non-hydrogen) atoms. The summed E-state index contributed by atoms with van der Waals surface area (Å²) >= 11 is 0. The Bertz CT molecular complexity index is 433. The van der Waals surface area contributed by atoms with E-state index in [0.29, 0.717) is 18.5 Å². The lowest BCUT2D eigenvalue weighted by molar-refractivity contribution is 0.268. The topological polar surface area (TPSA) is 45.7 Å². The molecule has 0 fully saturated rings. The molecule has 5 heteroatoms. The van der Waals surface area contributed by atoms with E-state index >= 15 is 0 Å². The highest BCUT2D eigenvalue weighted by Crippen LogP contribution is 2.18. The number of rotatable bonds is 6. The van der Waals surface area contributed by atoms with E-state index in [1.165, 1.54) is 0 Å². The van der Waals surface area contributed by atoms with Crippen molar-refractivity contribution < 1.29 is 4.74 Å². The second-order valence-corrected chi connectivity index (χ2v) is 5.54. The van der Waals surface area contributed by atoms with E-state index in [0.717, 1.165) is 23.9 Å². The standard InChI is InChI=1S/C16H27N3O.HI/c1-12(2)11-20-15-9-7-6-8-14(15)10-18-16(17-5)19-13(3)4;/h6-9,12-13H,10-11H2,1-5H3,(H2,17,18,19);1H. The Kier molecular flexibility index (Phi) is 10.2. The van der Waals surface area contributed by atoms with Crippen LogP contribution in [0.25, 0.3) is 0 Å². The van der Waals surface area contributed by atoms with Gasteiger partial charge in [0.1, 0.15) is 5.75 Å². The Hall–Kier alpha value is -0.980. The maximum Gasteiger partial charge on any atom is 0.191 e. The SMILES string of the molecule is CN=C(NCc1ccccc1OCC(C)C)NC(C)C.I. The van der Waals surface area contributed by atoms with Crippen molar-refractivity contribution in [3.05, 3.63) is 29.8 Å². The van der Waals surface area contributed by atoms with Crippen molar-refractivity contribution in [3.8, 4) is 5.75 Å². The summed E-state index contributed by atoms with van der Waals surface area (Å²) in [4.78, 5) is 4.20. The minimum Gasteiger partial charge on any atom is -0.493 e. The summed E-state index contributed by atoms with van der Waals surface area (Å²) in [6.07, 6.45) is 0. The molecular weight excluding hydrogens is 377 g/mol. The average molecular weight is 405 g/mol. The maximum atomic E-state index is 5.85. The van der Waals surface area contributed by atoms with Gasteiger partial charge in [0.25, 0.3) is 0 Å². The molecule has 1 aromatic carbocycles. The number of ether oxygens (including phenoxy) is 1. The van der Waals surface area contributed by atoms with Crippen molar-refractivity contribution in [2.45, 2.75) is 40.3 Å².